The highest BCUT2D eigenvalue weighted by molar-refractivity contribution is 6.01. The molecule has 0 saturated heterocycles. The van der Waals surface area contributed by atoms with Crippen molar-refractivity contribution in [3.63, 3.8) is 0 Å². The molecule has 0 aromatic heterocycles. The lowest BCUT2D eigenvalue weighted by molar-refractivity contribution is -0.135. The van der Waals surface area contributed by atoms with Gasteiger partial charge in [0, 0.05) is 17.9 Å². The molecule has 3 fully saturated rings. The van der Waals surface area contributed by atoms with Gasteiger partial charge in [0.2, 0.25) is 0 Å². The van der Waals surface area contributed by atoms with Gasteiger partial charge in [0.15, 0.2) is 11.6 Å². The van der Waals surface area contributed by atoms with Crippen molar-refractivity contribution in [2.45, 2.75) is 52.4 Å². The third-order valence-electron chi connectivity index (χ3n) is 8.68. The smallest absolute Gasteiger partial charge is 0.178 e. The average Bonchev–Trinajstić information content (AvgIpc) is 2.98. The molecule has 0 aromatic rings. The summed E-state index contributed by atoms with van der Waals surface area (Å²) in [6.45, 7) is 4.33. The lowest BCUT2D eigenvalue weighted by Crippen LogP contribution is -2.54. The van der Waals surface area contributed by atoms with Gasteiger partial charge >= 0.3 is 0 Å². The van der Waals surface area contributed by atoms with Crippen LogP contribution in [0.3, 0.4) is 0 Å². The largest absolute Gasteiger partial charge is 0.396 e. The maximum atomic E-state index is 12.5. The number of hydrogen-bond donors (Lipinski definition) is 2. The van der Waals surface area contributed by atoms with Crippen LogP contribution in [0.15, 0.2) is 23.8 Å². The molecule has 0 bridgehead atoms. The Balaban J connectivity index is 1.74. The molecule has 4 rings (SSSR count). The first-order valence-corrected chi connectivity index (χ1v) is 10.5. The Morgan fingerprint density at radius 2 is 2.00 bits per heavy atom. The number of carbonyl (C=O) groups is 2. The monoisotopic (exact) mass is 372 g/mol. The zero-order valence-corrected chi connectivity index (χ0v) is 16.5. The number of fused-ring (bicyclic) bond motifs is 5. The molecule has 4 nitrogen and oxygen atoms in total. The van der Waals surface area contributed by atoms with Gasteiger partial charge < -0.3 is 10.2 Å². The Morgan fingerprint density at radius 1 is 1.22 bits per heavy atom. The van der Waals surface area contributed by atoms with Gasteiger partial charge in [-0.25, -0.2) is 0 Å². The number of carbonyl (C=O) groups excluding carboxylic acids is 2. The van der Waals surface area contributed by atoms with Crippen molar-refractivity contribution in [1.82, 2.24) is 0 Å². The van der Waals surface area contributed by atoms with Crippen LogP contribution in [0.2, 0.25) is 0 Å². The number of ketones is 2. The summed E-state index contributed by atoms with van der Waals surface area (Å²) >= 11 is 0. The predicted octanol–water partition coefficient (Wildman–Crippen LogP) is 3.08. The molecular weight excluding hydrogens is 340 g/mol. The summed E-state index contributed by atoms with van der Waals surface area (Å²) in [6, 6.07) is 0. The van der Waals surface area contributed by atoms with Gasteiger partial charge in [0.1, 0.15) is 6.61 Å². The molecule has 6 unspecified atom stereocenters. The average molecular weight is 373 g/mol. The quantitative estimate of drug-likeness (QED) is 0.795. The number of aliphatic hydroxyl groups is 2. The minimum absolute atomic E-state index is 0.00744. The molecular formula is C23H32O4. The second kappa shape index (κ2) is 6.66. The van der Waals surface area contributed by atoms with Crippen LogP contribution in [0, 0.1) is 40.4 Å². The van der Waals surface area contributed by atoms with Crippen LogP contribution in [-0.4, -0.2) is 35.0 Å². The van der Waals surface area contributed by atoms with E-state index >= 15 is 0 Å². The van der Waals surface area contributed by atoms with E-state index in [0.717, 1.165) is 38.5 Å². The van der Waals surface area contributed by atoms with E-state index in [1.54, 1.807) is 6.08 Å². The third kappa shape index (κ3) is 2.71. The molecule has 0 aliphatic heterocycles. The Morgan fingerprint density at radius 3 is 2.70 bits per heavy atom. The van der Waals surface area contributed by atoms with Crippen molar-refractivity contribution in [1.29, 1.82) is 0 Å². The van der Waals surface area contributed by atoms with E-state index in [9.17, 15) is 19.8 Å². The second-order valence-electron chi connectivity index (χ2n) is 9.76. The van der Waals surface area contributed by atoms with Crippen LogP contribution >= 0.6 is 0 Å². The highest BCUT2D eigenvalue weighted by Gasteiger charge is 2.62. The summed E-state index contributed by atoms with van der Waals surface area (Å²) in [5.74, 6) is 1.78. The standard InChI is InChI=1S/C23H32O4/c1-22-9-7-16(26)11-15(22)3-4-17-18-5-6-19(20(27)13-25)23(18,2)12-14(8-10-24)21(17)22/h7,9,11,14,17-19,21,24-25H,3-6,8,10,12-13H2,1-2H3/t14-,17?,18?,19?,21?,22?,23?/m0/s1. The molecule has 0 heterocycles. The lowest BCUT2D eigenvalue weighted by atomic mass is 9.44. The van der Waals surface area contributed by atoms with Crippen molar-refractivity contribution in [2.24, 2.45) is 40.4 Å². The van der Waals surface area contributed by atoms with Gasteiger partial charge in [0.05, 0.1) is 0 Å². The van der Waals surface area contributed by atoms with Crippen LogP contribution in [0.4, 0.5) is 0 Å². The van der Waals surface area contributed by atoms with Crippen LogP contribution in [0.5, 0.6) is 0 Å². The van der Waals surface area contributed by atoms with Gasteiger partial charge in [-0.2, -0.15) is 0 Å². The summed E-state index contributed by atoms with van der Waals surface area (Å²) < 4.78 is 0. The van der Waals surface area contributed by atoms with Crippen molar-refractivity contribution >= 4 is 11.6 Å². The van der Waals surface area contributed by atoms with Crippen molar-refractivity contribution in [3.05, 3.63) is 23.8 Å². The molecule has 0 aromatic carbocycles. The lowest BCUT2D eigenvalue weighted by Gasteiger charge is -2.60. The van der Waals surface area contributed by atoms with E-state index in [4.69, 9.17) is 0 Å². The van der Waals surface area contributed by atoms with Crippen molar-refractivity contribution < 1.29 is 19.8 Å². The molecule has 4 aliphatic carbocycles. The molecule has 0 radical (unpaired) electrons. The van der Waals surface area contributed by atoms with E-state index in [1.807, 2.05) is 6.08 Å². The maximum absolute atomic E-state index is 12.5. The van der Waals surface area contributed by atoms with Crippen LogP contribution in [0.25, 0.3) is 0 Å². The minimum atomic E-state index is -0.360. The van der Waals surface area contributed by atoms with Crippen molar-refractivity contribution in [3.8, 4) is 0 Å². The number of hydrogen-bond acceptors (Lipinski definition) is 4. The van der Waals surface area contributed by atoms with E-state index in [0.29, 0.717) is 23.7 Å². The summed E-state index contributed by atoms with van der Waals surface area (Å²) in [5, 5.41) is 19.3. The first kappa shape index (κ1) is 19.1. The summed E-state index contributed by atoms with van der Waals surface area (Å²) in [4.78, 5) is 24.4. The molecule has 0 spiro atoms. The highest BCUT2D eigenvalue weighted by atomic mass is 16.3. The Kier molecular flexibility index (Phi) is 4.71. The topological polar surface area (TPSA) is 74.6 Å². The van der Waals surface area contributed by atoms with Crippen LogP contribution < -0.4 is 0 Å². The Labute approximate surface area is 161 Å². The van der Waals surface area contributed by atoms with Crippen LogP contribution in [-0.2, 0) is 9.59 Å². The van der Waals surface area contributed by atoms with Gasteiger partial charge in [-0.15, -0.1) is 0 Å². The minimum Gasteiger partial charge on any atom is -0.396 e. The van der Waals surface area contributed by atoms with E-state index < -0.39 is 0 Å². The van der Waals surface area contributed by atoms with Crippen LogP contribution in [0.1, 0.15) is 52.4 Å². The summed E-state index contributed by atoms with van der Waals surface area (Å²) in [7, 11) is 0. The zero-order chi connectivity index (χ0) is 19.4. The normalized spacial score (nSPS) is 45.7. The van der Waals surface area contributed by atoms with Crippen molar-refractivity contribution in [2.75, 3.05) is 13.2 Å². The van der Waals surface area contributed by atoms with Gasteiger partial charge in [-0.1, -0.05) is 25.5 Å². The molecule has 2 N–H and O–H groups in total. The molecule has 0 amide bonds. The number of allylic oxidation sites excluding steroid dienone is 4. The maximum Gasteiger partial charge on any atom is 0.178 e. The fourth-order valence-electron chi connectivity index (χ4n) is 7.68. The molecule has 4 aliphatic rings. The van der Waals surface area contributed by atoms with Gasteiger partial charge in [-0.3, -0.25) is 9.59 Å². The summed E-state index contributed by atoms with van der Waals surface area (Å²) in [5.41, 5.74) is 1.06. The third-order valence-corrected chi connectivity index (χ3v) is 8.68. The number of Topliss-reactive ketones (excluding diaryl/α,β-unsaturated/α-hetero) is 1. The van der Waals surface area contributed by atoms with Gasteiger partial charge in [-0.05, 0) is 79.8 Å². The first-order chi connectivity index (χ1) is 12.8. The first-order valence-electron chi connectivity index (χ1n) is 10.5. The molecule has 148 valence electrons. The van der Waals surface area contributed by atoms with E-state index in [2.05, 4.69) is 19.9 Å². The zero-order valence-electron chi connectivity index (χ0n) is 16.5. The highest BCUT2D eigenvalue weighted by Crippen LogP contribution is 2.68. The van der Waals surface area contributed by atoms with E-state index in [-0.39, 0.29) is 41.5 Å². The van der Waals surface area contributed by atoms with Gasteiger partial charge in [0.25, 0.3) is 0 Å². The molecule has 4 heteroatoms. The number of aliphatic hydroxyl groups excluding tert-OH is 2. The summed E-state index contributed by atoms with van der Waals surface area (Å²) in [6.07, 6.45) is 11.3. The Bertz CT molecular complexity index is 707. The van der Waals surface area contributed by atoms with E-state index in [1.165, 1.54) is 5.57 Å². The molecule has 27 heavy (non-hydrogen) atoms. The fourth-order valence-corrected chi connectivity index (χ4v) is 7.68. The fraction of sp³-hybridized carbons (Fsp3) is 0.739. The second-order valence-corrected chi connectivity index (χ2v) is 9.76. The Hall–Kier alpha value is -1.26. The SMILES string of the molecule is CC12C=CC(=O)C=C1CCC1C2[C@@H](CCO)CC2(C)C(C(=O)CO)CCC12. The molecule has 3 saturated carbocycles. The predicted molar refractivity (Wildman–Crippen MR) is 103 cm³/mol. The molecule has 7 atom stereocenters. The number of rotatable bonds is 4.